The number of hydrogen-bond donors (Lipinski definition) is 3. The van der Waals surface area contributed by atoms with Crippen LogP contribution in [-0.2, 0) is 10.8 Å². The molecule has 4 N–H and O–H groups in total. The van der Waals surface area contributed by atoms with Crippen LogP contribution in [0.4, 0.5) is 5.69 Å². The van der Waals surface area contributed by atoms with Gasteiger partial charge in [-0.05, 0) is 66.0 Å². The molecule has 1 heterocycles. The third kappa shape index (κ3) is 5.72. The fourth-order valence-electron chi connectivity index (χ4n) is 5.41. The zero-order valence-corrected chi connectivity index (χ0v) is 23.9. The first kappa shape index (κ1) is 28.0. The van der Waals surface area contributed by atoms with Gasteiger partial charge < -0.3 is 20.5 Å². The summed E-state index contributed by atoms with van der Waals surface area (Å²) in [6.45, 7) is 13.2. The lowest BCUT2D eigenvalue weighted by molar-refractivity contribution is 0.0962. The van der Waals surface area contributed by atoms with Crippen LogP contribution in [0, 0.1) is 17.2 Å². The molecule has 1 aliphatic carbocycles. The van der Waals surface area contributed by atoms with Crippen molar-refractivity contribution in [2.75, 3.05) is 18.8 Å². The number of nitrogens with one attached hydrogen (secondary N) is 1. The number of likely N-dealkylation sites (tertiary alicyclic amines) is 1. The zero-order valence-electron chi connectivity index (χ0n) is 22.2. The number of halogens is 1. The molecule has 1 saturated carbocycles. The van der Waals surface area contributed by atoms with Gasteiger partial charge in [-0.25, -0.2) is 0 Å². The third-order valence-corrected chi connectivity index (χ3v) is 7.36. The van der Waals surface area contributed by atoms with E-state index >= 15 is 0 Å². The number of fused-ring (bicyclic) bond motifs is 1. The second-order valence-electron chi connectivity index (χ2n) is 12.3. The van der Waals surface area contributed by atoms with Crippen LogP contribution >= 0.6 is 17.0 Å². The first-order valence-corrected chi connectivity index (χ1v) is 12.5. The minimum Gasteiger partial charge on any atom is -0.507 e. The van der Waals surface area contributed by atoms with Gasteiger partial charge in [0.25, 0.3) is 0 Å². The van der Waals surface area contributed by atoms with Crippen LogP contribution in [-0.4, -0.2) is 40.8 Å². The van der Waals surface area contributed by atoms with E-state index in [0.717, 1.165) is 29.7 Å². The minimum absolute atomic E-state index is 0. The molecule has 196 valence electrons. The van der Waals surface area contributed by atoms with Gasteiger partial charge in [-0.1, -0.05) is 41.5 Å². The molecular formula is C29H40BrN3O3. The maximum Gasteiger partial charge on any atom is 0.182 e. The third-order valence-electron chi connectivity index (χ3n) is 7.36. The van der Waals surface area contributed by atoms with E-state index in [1.54, 1.807) is 0 Å². The maximum absolute atomic E-state index is 13.4. The van der Waals surface area contributed by atoms with Crippen LogP contribution in [0.5, 0.6) is 11.5 Å². The Morgan fingerprint density at radius 1 is 1.06 bits per heavy atom. The quantitative estimate of drug-likeness (QED) is 0.304. The molecule has 3 unspecified atom stereocenters. The Labute approximate surface area is 225 Å². The largest absolute Gasteiger partial charge is 0.507 e. The molecule has 2 aromatic carbocycles. The van der Waals surface area contributed by atoms with Gasteiger partial charge in [0.15, 0.2) is 5.78 Å². The number of phenolic OH excluding ortho intramolecular Hbond substituents is 1. The number of anilines is 1. The second kappa shape index (κ2) is 10.1. The molecule has 1 saturated heterocycles. The maximum atomic E-state index is 13.4. The van der Waals surface area contributed by atoms with E-state index in [0.29, 0.717) is 29.5 Å². The number of rotatable bonds is 5. The molecule has 2 aliphatic rings. The van der Waals surface area contributed by atoms with Crippen molar-refractivity contribution in [2.24, 2.45) is 11.8 Å². The van der Waals surface area contributed by atoms with Crippen molar-refractivity contribution < 1.29 is 14.6 Å². The lowest BCUT2D eigenvalue weighted by Gasteiger charge is -2.28. The number of nitrogens with zero attached hydrogens (tertiary/aromatic N) is 1. The van der Waals surface area contributed by atoms with E-state index in [-0.39, 0.29) is 57.9 Å². The number of phenols is 1. The van der Waals surface area contributed by atoms with Gasteiger partial charge in [0, 0.05) is 34.8 Å². The Kier molecular flexibility index (Phi) is 7.85. The van der Waals surface area contributed by atoms with Crippen LogP contribution in [0.1, 0.15) is 75.9 Å². The van der Waals surface area contributed by atoms with Crippen molar-refractivity contribution in [1.29, 1.82) is 5.41 Å². The Balaban J connectivity index is 0.00000361. The summed E-state index contributed by atoms with van der Waals surface area (Å²) in [7, 11) is 0. The first-order chi connectivity index (χ1) is 16.2. The van der Waals surface area contributed by atoms with E-state index in [2.05, 4.69) is 0 Å². The number of hydrogen-bond acceptors (Lipinski definition) is 5. The van der Waals surface area contributed by atoms with Crippen LogP contribution < -0.4 is 10.5 Å². The van der Waals surface area contributed by atoms with E-state index in [9.17, 15) is 9.90 Å². The minimum atomic E-state index is -0.294. The molecule has 36 heavy (non-hydrogen) atoms. The van der Waals surface area contributed by atoms with E-state index < -0.39 is 0 Å². The molecule has 7 heteroatoms. The van der Waals surface area contributed by atoms with E-state index in [4.69, 9.17) is 15.9 Å². The molecular weight excluding hydrogens is 518 g/mol. The van der Waals surface area contributed by atoms with Crippen LogP contribution in [0.25, 0.3) is 0 Å². The van der Waals surface area contributed by atoms with Crippen LogP contribution in [0.3, 0.4) is 0 Å². The smallest absolute Gasteiger partial charge is 0.182 e. The molecule has 1 aliphatic heterocycles. The molecule has 4 rings (SSSR count). The van der Waals surface area contributed by atoms with Crippen molar-refractivity contribution >= 4 is 34.3 Å². The number of amidine groups is 1. The molecule has 6 nitrogen and oxygen atoms in total. The summed E-state index contributed by atoms with van der Waals surface area (Å²) in [6, 6.07) is 11.1. The average molecular weight is 559 g/mol. The lowest BCUT2D eigenvalue weighted by Crippen LogP contribution is -2.34. The molecule has 0 bridgehead atoms. The van der Waals surface area contributed by atoms with Crippen molar-refractivity contribution in [3.8, 4) is 11.5 Å². The van der Waals surface area contributed by atoms with Gasteiger partial charge in [-0.15, -0.1) is 17.0 Å². The van der Waals surface area contributed by atoms with Gasteiger partial charge in [-0.3, -0.25) is 10.2 Å². The number of carbonyl (C=O) groups is 1. The van der Waals surface area contributed by atoms with Gasteiger partial charge in [-0.2, -0.15) is 0 Å². The summed E-state index contributed by atoms with van der Waals surface area (Å²) < 4.78 is 6.14. The summed E-state index contributed by atoms with van der Waals surface area (Å²) in [5.41, 5.74) is 8.05. The summed E-state index contributed by atoms with van der Waals surface area (Å²) in [6.07, 6.45) is 1.75. The normalized spacial score (nSPS) is 21.8. The molecule has 0 amide bonds. The second-order valence-corrected chi connectivity index (χ2v) is 12.3. The van der Waals surface area contributed by atoms with Crippen molar-refractivity contribution in [3.05, 3.63) is 53.1 Å². The highest BCUT2D eigenvalue weighted by molar-refractivity contribution is 8.93. The van der Waals surface area contributed by atoms with Gasteiger partial charge in [0.2, 0.25) is 0 Å². The topological polar surface area (TPSA) is 99.6 Å². The number of nitrogen functional groups attached to an aromatic ring is 1. The van der Waals surface area contributed by atoms with Gasteiger partial charge in [0.05, 0.1) is 18.5 Å². The highest BCUT2D eigenvalue weighted by Crippen LogP contribution is 2.42. The van der Waals surface area contributed by atoms with Crippen molar-refractivity contribution in [2.45, 2.75) is 71.3 Å². The number of nitrogens with two attached hydrogens (primary N) is 1. The fourth-order valence-corrected chi connectivity index (χ4v) is 5.41. The fraction of sp³-hybridized carbons (Fsp3) is 0.517. The number of carbonyl (C=O) groups excluding carboxylic acids is 1. The predicted molar refractivity (Wildman–Crippen MR) is 151 cm³/mol. The van der Waals surface area contributed by atoms with Crippen LogP contribution in [0.2, 0.25) is 0 Å². The first-order valence-electron chi connectivity index (χ1n) is 12.5. The molecule has 2 aromatic rings. The average Bonchev–Trinajstić information content (AvgIpc) is 3.26. The van der Waals surface area contributed by atoms with Gasteiger partial charge in [0.1, 0.15) is 11.5 Å². The van der Waals surface area contributed by atoms with Crippen molar-refractivity contribution in [1.82, 2.24) is 4.90 Å². The summed E-state index contributed by atoms with van der Waals surface area (Å²) in [5, 5.41) is 19.7. The predicted octanol–water partition coefficient (Wildman–Crippen LogP) is 6.10. The molecule has 0 spiro atoms. The Morgan fingerprint density at radius 3 is 2.11 bits per heavy atom. The van der Waals surface area contributed by atoms with Crippen LogP contribution in [0.15, 0.2) is 36.4 Å². The summed E-state index contributed by atoms with van der Waals surface area (Å²) in [5.74, 6) is 2.05. The Hall–Kier alpha value is -2.54. The number of aromatic hydroxyl groups is 1. The van der Waals surface area contributed by atoms with Crippen molar-refractivity contribution in [3.63, 3.8) is 0 Å². The Morgan fingerprint density at radius 2 is 1.61 bits per heavy atom. The summed E-state index contributed by atoms with van der Waals surface area (Å²) in [4.78, 5) is 15.3. The number of benzene rings is 2. The zero-order chi connectivity index (χ0) is 25.7. The highest BCUT2D eigenvalue weighted by Gasteiger charge is 2.46. The SMILES string of the molecule is Br.CC(C)(C)c1cc(C(=O)CN2CC3CC(Oc4ccc(N)cc4)CC3C2=N)cc(C(C)(C)C)c1O. The summed E-state index contributed by atoms with van der Waals surface area (Å²) >= 11 is 0. The number of ketones is 1. The Bertz CT molecular complexity index is 1100. The standard InChI is InChI=1S/C29H39N3O3.BrH/c1-28(2,3)23-12-17(13-24(26(23)34)29(4,5)6)25(33)16-32-15-18-11-21(14-22(18)27(32)31)35-20-9-7-19(30)8-10-20;/h7-10,12-13,18,21-22,31,34H,11,14-16,30H2,1-6H3;1H. The molecule has 2 fully saturated rings. The van der Waals surface area contributed by atoms with Gasteiger partial charge >= 0.3 is 0 Å². The highest BCUT2D eigenvalue weighted by atomic mass is 79.9. The monoisotopic (exact) mass is 557 g/mol. The lowest BCUT2D eigenvalue weighted by atomic mass is 9.78. The number of Topliss-reactive ketones (excluding diaryl/α,β-unsaturated/α-hetero) is 1. The van der Waals surface area contributed by atoms with E-state index in [1.165, 1.54) is 0 Å². The molecule has 0 aromatic heterocycles. The van der Waals surface area contributed by atoms with E-state index in [1.807, 2.05) is 82.8 Å². The molecule has 0 radical (unpaired) electrons. The number of ether oxygens (including phenoxy) is 1. The molecule has 3 atom stereocenters.